The Kier molecular flexibility index (Phi) is 6.38. The molecule has 0 unspecified atom stereocenters. The molecule has 0 fully saturated rings. The average Bonchev–Trinajstić information content (AvgIpc) is 2.38. The Bertz CT molecular complexity index is 434. The fourth-order valence-electron chi connectivity index (χ4n) is 1.45. The number of hydrogen-bond donors (Lipinski definition) is 2. The molecule has 6 heteroatoms. The standard InChI is InChI=1S/C13H18N2O4/c1-3-19-12(16)8-14-13(17)15-11-6-4-5-10(7-11)9-18-2/h4-7H,3,8-9H2,1-2H3,(H2,14,15,17). The largest absolute Gasteiger partial charge is 0.465 e. The summed E-state index contributed by atoms with van der Waals surface area (Å²) < 4.78 is 9.70. The number of esters is 1. The number of nitrogens with one attached hydrogen (secondary N) is 2. The average molecular weight is 266 g/mol. The third-order valence-corrected chi connectivity index (χ3v) is 2.19. The third kappa shape index (κ3) is 5.87. The zero-order chi connectivity index (χ0) is 14.1. The maximum absolute atomic E-state index is 11.5. The second kappa shape index (κ2) is 8.10. The maximum Gasteiger partial charge on any atom is 0.325 e. The van der Waals surface area contributed by atoms with Gasteiger partial charge >= 0.3 is 12.0 Å². The topological polar surface area (TPSA) is 76.7 Å². The summed E-state index contributed by atoms with van der Waals surface area (Å²) in [6.07, 6.45) is 0. The van der Waals surface area contributed by atoms with Crippen LogP contribution in [-0.4, -0.2) is 32.3 Å². The van der Waals surface area contributed by atoms with Gasteiger partial charge in [-0.15, -0.1) is 0 Å². The molecule has 2 amide bonds. The molecule has 1 aromatic rings. The summed E-state index contributed by atoms with van der Waals surface area (Å²) in [5, 5.41) is 5.04. The van der Waals surface area contributed by atoms with E-state index in [-0.39, 0.29) is 6.54 Å². The Morgan fingerprint density at radius 2 is 2.11 bits per heavy atom. The van der Waals surface area contributed by atoms with Gasteiger partial charge in [0.05, 0.1) is 13.2 Å². The van der Waals surface area contributed by atoms with Crippen LogP contribution in [0.15, 0.2) is 24.3 Å². The van der Waals surface area contributed by atoms with Crippen molar-refractivity contribution < 1.29 is 19.1 Å². The summed E-state index contributed by atoms with van der Waals surface area (Å²) in [6, 6.07) is 6.81. The first-order valence-electron chi connectivity index (χ1n) is 5.94. The summed E-state index contributed by atoms with van der Waals surface area (Å²) in [6.45, 7) is 2.32. The molecule has 0 bridgehead atoms. The highest BCUT2D eigenvalue weighted by molar-refractivity contribution is 5.91. The monoisotopic (exact) mass is 266 g/mol. The van der Waals surface area contributed by atoms with Crippen LogP contribution in [0.5, 0.6) is 0 Å². The smallest absolute Gasteiger partial charge is 0.325 e. The van der Waals surface area contributed by atoms with E-state index in [0.29, 0.717) is 18.9 Å². The third-order valence-electron chi connectivity index (χ3n) is 2.19. The summed E-state index contributed by atoms with van der Waals surface area (Å²) in [4.78, 5) is 22.6. The fourth-order valence-corrected chi connectivity index (χ4v) is 1.45. The minimum Gasteiger partial charge on any atom is -0.465 e. The minimum absolute atomic E-state index is 0.155. The molecule has 0 aliphatic carbocycles. The molecule has 0 saturated heterocycles. The van der Waals surface area contributed by atoms with Crippen LogP contribution in [0.1, 0.15) is 12.5 Å². The second-order valence-corrected chi connectivity index (χ2v) is 3.75. The highest BCUT2D eigenvalue weighted by Crippen LogP contribution is 2.11. The molecule has 0 aliphatic heterocycles. The molecule has 0 aliphatic rings. The highest BCUT2D eigenvalue weighted by Gasteiger charge is 2.06. The molecule has 0 spiro atoms. The van der Waals surface area contributed by atoms with Crippen LogP contribution in [0, 0.1) is 0 Å². The highest BCUT2D eigenvalue weighted by atomic mass is 16.5. The normalized spacial score (nSPS) is 9.79. The molecule has 6 nitrogen and oxygen atoms in total. The Morgan fingerprint density at radius 1 is 1.32 bits per heavy atom. The van der Waals surface area contributed by atoms with E-state index < -0.39 is 12.0 Å². The number of ether oxygens (including phenoxy) is 2. The van der Waals surface area contributed by atoms with Gasteiger partial charge in [0.2, 0.25) is 0 Å². The maximum atomic E-state index is 11.5. The van der Waals surface area contributed by atoms with Crippen LogP contribution in [0.25, 0.3) is 0 Å². The van der Waals surface area contributed by atoms with E-state index >= 15 is 0 Å². The van der Waals surface area contributed by atoms with Crippen molar-refractivity contribution >= 4 is 17.7 Å². The van der Waals surface area contributed by atoms with Gasteiger partial charge in [0, 0.05) is 12.8 Å². The minimum atomic E-state index is -0.467. The van der Waals surface area contributed by atoms with Gasteiger partial charge in [-0.25, -0.2) is 4.79 Å². The van der Waals surface area contributed by atoms with Gasteiger partial charge in [0.15, 0.2) is 0 Å². The fraction of sp³-hybridized carbons (Fsp3) is 0.385. The van der Waals surface area contributed by atoms with E-state index in [1.165, 1.54) is 0 Å². The van der Waals surface area contributed by atoms with Gasteiger partial charge in [0.1, 0.15) is 6.54 Å². The number of hydrogen-bond acceptors (Lipinski definition) is 4. The Morgan fingerprint density at radius 3 is 2.79 bits per heavy atom. The number of methoxy groups -OCH3 is 1. The van der Waals surface area contributed by atoms with Gasteiger partial charge < -0.3 is 20.1 Å². The number of rotatable bonds is 6. The molecule has 1 rings (SSSR count). The number of amides is 2. The molecule has 0 heterocycles. The van der Waals surface area contributed by atoms with Crippen molar-refractivity contribution in [2.24, 2.45) is 0 Å². The number of anilines is 1. The van der Waals surface area contributed by atoms with Gasteiger partial charge in [-0.1, -0.05) is 12.1 Å². The van der Waals surface area contributed by atoms with E-state index in [0.717, 1.165) is 5.56 Å². The lowest BCUT2D eigenvalue weighted by molar-refractivity contribution is -0.141. The van der Waals surface area contributed by atoms with E-state index in [1.807, 2.05) is 12.1 Å². The van der Waals surface area contributed by atoms with Crippen molar-refractivity contribution in [3.63, 3.8) is 0 Å². The number of carbonyl (C=O) groups excluding carboxylic acids is 2. The van der Waals surface area contributed by atoms with Crippen LogP contribution < -0.4 is 10.6 Å². The van der Waals surface area contributed by atoms with E-state index in [9.17, 15) is 9.59 Å². The molecule has 2 N–H and O–H groups in total. The predicted octanol–water partition coefficient (Wildman–Crippen LogP) is 1.52. The number of benzene rings is 1. The van der Waals surface area contributed by atoms with Gasteiger partial charge in [-0.3, -0.25) is 4.79 Å². The first kappa shape index (κ1) is 15.0. The molecule has 19 heavy (non-hydrogen) atoms. The van der Waals surface area contributed by atoms with Crippen molar-refractivity contribution in [3.05, 3.63) is 29.8 Å². The van der Waals surface area contributed by atoms with Crippen molar-refractivity contribution in [2.45, 2.75) is 13.5 Å². The van der Waals surface area contributed by atoms with Crippen molar-refractivity contribution in [1.29, 1.82) is 0 Å². The van der Waals surface area contributed by atoms with Gasteiger partial charge in [-0.2, -0.15) is 0 Å². The summed E-state index contributed by atoms with van der Waals surface area (Å²) in [5.41, 5.74) is 1.58. The molecule has 104 valence electrons. The quantitative estimate of drug-likeness (QED) is 0.765. The van der Waals surface area contributed by atoms with Crippen molar-refractivity contribution in [1.82, 2.24) is 5.32 Å². The molecular weight excluding hydrogens is 248 g/mol. The Labute approximate surface area is 112 Å². The van der Waals surface area contributed by atoms with Gasteiger partial charge in [0.25, 0.3) is 0 Å². The Hall–Kier alpha value is -2.08. The van der Waals surface area contributed by atoms with Crippen molar-refractivity contribution in [3.8, 4) is 0 Å². The summed E-state index contributed by atoms with van der Waals surface area (Å²) in [7, 11) is 1.60. The van der Waals surface area contributed by atoms with Crippen LogP contribution in [0.2, 0.25) is 0 Å². The zero-order valence-corrected chi connectivity index (χ0v) is 11.1. The number of urea groups is 1. The lowest BCUT2D eigenvalue weighted by Gasteiger charge is -2.08. The number of carbonyl (C=O) groups is 2. The van der Waals surface area contributed by atoms with Gasteiger partial charge in [-0.05, 0) is 24.6 Å². The van der Waals surface area contributed by atoms with Crippen LogP contribution in [0.3, 0.4) is 0 Å². The lowest BCUT2D eigenvalue weighted by Crippen LogP contribution is -2.34. The molecule has 1 aromatic carbocycles. The first-order valence-corrected chi connectivity index (χ1v) is 5.94. The van der Waals surface area contributed by atoms with Crippen LogP contribution in [0.4, 0.5) is 10.5 Å². The zero-order valence-electron chi connectivity index (χ0n) is 11.1. The molecule has 0 radical (unpaired) electrons. The van der Waals surface area contributed by atoms with Crippen molar-refractivity contribution in [2.75, 3.05) is 25.6 Å². The van der Waals surface area contributed by atoms with E-state index in [4.69, 9.17) is 9.47 Å². The Balaban J connectivity index is 2.43. The molecule has 0 aromatic heterocycles. The predicted molar refractivity (Wildman–Crippen MR) is 70.8 cm³/mol. The summed E-state index contributed by atoms with van der Waals surface area (Å²) >= 11 is 0. The van der Waals surface area contributed by atoms with Crippen LogP contribution in [-0.2, 0) is 20.9 Å². The molecule has 0 atom stereocenters. The SMILES string of the molecule is CCOC(=O)CNC(=O)Nc1cccc(COC)c1. The molecular formula is C13H18N2O4. The molecule has 0 saturated carbocycles. The van der Waals surface area contributed by atoms with E-state index in [1.54, 1.807) is 26.2 Å². The lowest BCUT2D eigenvalue weighted by atomic mass is 10.2. The first-order chi connectivity index (χ1) is 9.15. The van der Waals surface area contributed by atoms with E-state index in [2.05, 4.69) is 10.6 Å². The van der Waals surface area contributed by atoms with Crippen LogP contribution >= 0.6 is 0 Å². The second-order valence-electron chi connectivity index (χ2n) is 3.75. The summed E-state index contributed by atoms with van der Waals surface area (Å²) in [5.74, 6) is -0.467.